The molecule has 140 valence electrons. The minimum absolute atomic E-state index is 0.0182. The molecule has 1 atom stereocenters. The number of hydrogen-bond acceptors (Lipinski definition) is 5. The van der Waals surface area contributed by atoms with Gasteiger partial charge < -0.3 is 9.64 Å². The molecule has 0 bridgehead atoms. The van der Waals surface area contributed by atoms with E-state index in [1.165, 1.54) is 11.8 Å². The third-order valence-corrected chi connectivity index (χ3v) is 5.24. The molecule has 7 nitrogen and oxygen atoms in total. The number of nitrogens with one attached hydrogen (secondary N) is 1. The molecular formula is C18H24N4O3S. The van der Waals surface area contributed by atoms with Crippen LogP contribution in [0.25, 0.3) is 0 Å². The lowest BCUT2D eigenvalue weighted by Crippen LogP contribution is -2.38. The number of aromatic amines is 1. The molecule has 0 saturated carbocycles. The van der Waals surface area contributed by atoms with E-state index < -0.39 is 0 Å². The van der Waals surface area contributed by atoms with Crippen LogP contribution in [-0.2, 0) is 16.1 Å². The highest BCUT2D eigenvalue weighted by molar-refractivity contribution is 7.99. The van der Waals surface area contributed by atoms with Gasteiger partial charge in [-0.2, -0.15) is 0 Å². The van der Waals surface area contributed by atoms with Crippen LogP contribution in [0.3, 0.4) is 0 Å². The predicted molar refractivity (Wildman–Crippen MR) is 102 cm³/mol. The monoisotopic (exact) mass is 376 g/mol. The molecular weight excluding hydrogens is 352 g/mol. The van der Waals surface area contributed by atoms with Crippen LogP contribution in [0.5, 0.6) is 0 Å². The van der Waals surface area contributed by atoms with Crippen molar-refractivity contribution in [2.75, 3.05) is 17.3 Å². The number of amides is 1. The van der Waals surface area contributed by atoms with Gasteiger partial charge in [0, 0.05) is 18.3 Å². The Kier molecular flexibility index (Phi) is 6.16. The van der Waals surface area contributed by atoms with Crippen LogP contribution in [0, 0.1) is 0 Å². The number of thioether (sulfide) groups is 1. The molecule has 2 heterocycles. The second-order valence-electron chi connectivity index (χ2n) is 6.54. The first kappa shape index (κ1) is 18.7. The summed E-state index contributed by atoms with van der Waals surface area (Å²) >= 11 is 1.27. The molecule has 2 aromatic rings. The van der Waals surface area contributed by atoms with Gasteiger partial charge in [0.1, 0.15) is 0 Å². The van der Waals surface area contributed by atoms with E-state index in [1.807, 2.05) is 44.2 Å². The average molecular weight is 376 g/mol. The summed E-state index contributed by atoms with van der Waals surface area (Å²) in [5, 5.41) is 7.07. The van der Waals surface area contributed by atoms with Gasteiger partial charge in [-0.05, 0) is 38.8 Å². The Morgan fingerprint density at radius 1 is 1.42 bits per heavy atom. The Hall–Kier alpha value is -2.06. The Bertz CT molecular complexity index is 781. The number of H-pyrrole nitrogens is 1. The van der Waals surface area contributed by atoms with Gasteiger partial charge in [0.25, 0.3) is 0 Å². The number of nitrogens with zero attached hydrogens (tertiary/aromatic N) is 3. The van der Waals surface area contributed by atoms with Crippen LogP contribution in [0.4, 0.5) is 5.69 Å². The van der Waals surface area contributed by atoms with E-state index in [0.29, 0.717) is 11.7 Å². The zero-order valence-electron chi connectivity index (χ0n) is 15.1. The number of anilines is 1. The molecule has 0 unspecified atom stereocenters. The van der Waals surface area contributed by atoms with Crippen LogP contribution in [-0.4, -0.2) is 45.2 Å². The van der Waals surface area contributed by atoms with Crippen molar-refractivity contribution in [3.63, 3.8) is 0 Å². The fourth-order valence-corrected chi connectivity index (χ4v) is 3.90. The van der Waals surface area contributed by atoms with Crippen LogP contribution >= 0.6 is 11.8 Å². The SMILES string of the molecule is CC(C)N(C(=O)CSc1n[nH]c(=O)n1C[C@H]1CCCO1)c1ccccc1. The molecule has 1 aliphatic heterocycles. The maximum Gasteiger partial charge on any atom is 0.344 e. The van der Waals surface area contributed by atoms with Gasteiger partial charge in [-0.25, -0.2) is 9.89 Å². The minimum Gasteiger partial charge on any atom is -0.376 e. The Morgan fingerprint density at radius 2 is 2.19 bits per heavy atom. The van der Waals surface area contributed by atoms with Crippen molar-refractivity contribution >= 4 is 23.4 Å². The van der Waals surface area contributed by atoms with Crippen LogP contribution in [0.15, 0.2) is 40.3 Å². The molecule has 1 aromatic heterocycles. The summed E-state index contributed by atoms with van der Waals surface area (Å²) in [5.41, 5.74) is 0.603. The molecule has 3 rings (SSSR count). The highest BCUT2D eigenvalue weighted by Gasteiger charge is 2.22. The molecule has 0 aliphatic carbocycles. The van der Waals surface area contributed by atoms with Crippen molar-refractivity contribution in [1.82, 2.24) is 14.8 Å². The quantitative estimate of drug-likeness (QED) is 0.750. The minimum atomic E-state index is -0.265. The molecule has 1 saturated heterocycles. The lowest BCUT2D eigenvalue weighted by Gasteiger charge is -2.26. The van der Waals surface area contributed by atoms with E-state index in [2.05, 4.69) is 10.2 Å². The second-order valence-corrected chi connectivity index (χ2v) is 7.48. The van der Waals surface area contributed by atoms with Crippen molar-refractivity contribution in [3.8, 4) is 0 Å². The number of benzene rings is 1. The van der Waals surface area contributed by atoms with Crippen molar-refractivity contribution < 1.29 is 9.53 Å². The predicted octanol–water partition coefficient (Wildman–Crippen LogP) is 2.28. The summed E-state index contributed by atoms with van der Waals surface area (Å²) in [4.78, 5) is 26.6. The van der Waals surface area contributed by atoms with Crippen molar-refractivity contribution in [2.24, 2.45) is 0 Å². The summed E-state index contributed by atoms with van der Waals surface area (Å²) in [6, 6.07) is 9.64. The number of aromatic nitrogens is 3. The molecule has 0 radical (unpaired) electrons. The van der Waals surface area contributed by atoms with Crippen LogP contribution < -0.4 is 10.6 Å². The zero-order valence-corrected chi connectivity index (χ0v) is 15.9. The van der Waals surface area contributed by atoms with Gasteiger partial charge in [-0.3, -0.25) is 9.36 Å². The van der Waals surface area contributed by atoms with Gasteiger partial charge in [-0.1, -0.05) is 30.0 Å². The van der Waals surface area contributed by atoms with E-state index in [4.69, 9.17) is 4.74 Å². The summed E-state index contributed by atoms with van der Waals surface area (Å²) in [6.07, 6.45) is 1.99. The maximum atomic E-state index is 12.8. The summed E-state index contributed by atoms with van der Waals surface area (Å²) in [6.45, 7) is 5.17. The van der Waals surface area contributed by atoms with Crippen LogP contribution in [0.2, 0.25) is 0 Å². The van der Waals surface area contributed by atoms with E-state index in [1.54, 1.807) is 9.47 Å². The van der Waals surface area contributed by atoms with E-state index >= 15 is 0 Å². The van der Waals surface area contributed by atoms with E-state index in [-0.39, 0.29) is 29.5 Å². The van der Waals surface area contributed by atoms with Crippen molar-refractivity contribution in [2.45, 2.75) is 50.5 Å². The Morgan fingerprint density at radius 3 is 2.85 bits per heavy atom. The first-order valence-corrected chi connectivity index (χ1v) is 9.81. The fourth-order valence-electron chi connectivity index (χ4n) is 3.08. The van der Waals surface area contributed by atoms with Gasteiger partial charge in [-0.15, -0.1) is 5.10 Å². The number of ether oxygens (including phenoxy) is 1. The van der Waals surface area contributed by atoms with Crippen molar-refractivity contribution in [3.05, 3.63) is 40.8 Å². The topological polar surface area (TPSA) is 80.2 Å². The summed E-state index contributed by atoms with van der Waals surface area (Å²) in [5.74, 6) is 0.193. The van der Waals surface area contributed by atoms with Gasteiger partial charge in [0.15, 0.2) is 5.16 Å². The summed E-state index contributed by atoms with van der Waals surface area (Å²) in [7, 11) is 0. The van der Waals surface area contributed by atoms with E-state index in [9.17, 15) is 9.59 Å². The highest BCUT2D eigenvalue weighted by atomic mass is 32.2. The first-order chi connectivity index (χ1) is 12.6. The Labute approximate surface area is 156 Å². The molecule has 8 heteroatoms. The third kappa shape index (κ3) is 4.37. The molecule has 26 heavy (non-hydrogen) atoms. The normalized spacial score (nSPS) is 17.0. The fraction of sp³-hybridized carbons (Fsp3) is 0.500. The highest BCUT2D eigenvalue weighted by Crippen LogP contribution is 2.21. The Balaban J connectivity index is 1.68. The summed E-state index contributed by atoms with van der Waals surface area (Å²) < 4.78 is 7.17. The molecule has 1 aliphatic rings. The molecule has 1 N–H and O–H groups in total. The number of carbonyl (C=O) groups is 1. The number of rotatable bonds is 7. The largest absolute Gasteiger partial charge is 0.376 e. The van der Waals surface area contributed by atoms with Crippen molar-refractivity contribution in [1.29, 1.82) is 0 Å². The van der Waals surface area contributed by atoms with Gasteiger partial charge in [0.05, 0.1) is 18.4 Å². The number of carbonyl (C=O) groups excluding carboxylic acids is 1. The lowest BCUT2D eigenvalue weighted by molar-refractivity contribution is -0.116. The van der Waals surface area contributed by atoms with E-state index in [0.717, 1.165) is 25.1 Å². The third-order valence-electron chi connectivity index (χ3n) is 4.28. The molecule has 0 spiro atoms. The number of para-hydroxylation sites is 1. The van der Waals surface area contributed by atoms with Crippen LogP contribution in [0.1, 0.15) is 26.7 Å². The smallest absolute Gasteiger partial charge is 0.344 e. The molecule has 1 aromatic carbocycles. The average Bonchev–Trinajstić information content (AvgIpc) is 3.25. The maximum absolute atomic E-state index is 12.8. The standard InChI is InChI=1S/C18H24N4O3S/c1-13(2)22(14-7-4-3-5-8-14)16(23)12-26-18-20-19-17(24)21(18)11-15-9-6-10-25-15/h3-5,7-8,13,15H,6,9-12H2,1-2H3,(H,19,24)/t15-/m1/s1. The van der Waals surface area contributed by atoms with Gasteiger partial charge >= 0.3 is 5.69 Å². The van der Waals surface area contributed by atoms with Gasteiger partial charge in [0.2, 0.25) is 5.91 Å². The lowest BCUT2D eigenvalue weighted by atomic mass is 10.2. The molecule has 1 amide bonds. The zero-order chi connectivity index (χ0) is 18.5. The first-order valence-electron chi connectivity index (χ1n) is 8.83. The second kappa shape index (κ2) is 8.55. The number of hydrogen-bond donors (Lipinski definition) is 1. The molecule has 1 fully saturated rings.